The van der Waals surface area contributed by atoms with E-state index in [1.165, 1.54) is 6.07 Å². The van der Waals surface area contributed by atoms with E-state index in [1.54, 1.807) is 13.1 Å². The number of hydrogen-bond donors (Lipinski definition) is 1. The van der Waals surface area contributed by atoms with Crippen LogP contribution in [-0.2, 0) is 4.79 Å². The maximum atomic E-state index is 13.7. The number of carbonyl (C=O) groups excluding carboxylic acids is 1. The van der Waals surface area contributed by atoms with E-state index >= 15 is 0 Å². The highest BCUT2D eigenvalue weighted by Gasteiger charge is 2.27. The summed E-state index contributed by atoms with van der Waals surface area (Å²) in [5.74, 6) is -1.07. The molecule has 25 heavy (non-hydrogen) atoms. The molecule has 0 bridgehead atoms. The molecule has 1 N–H and O–H groups in total. The van der Waals surface area contributed by atoms with Crippen LogP contribution in [0, 0.1) is 11.6 Å². The van der Waals surface area contributed by atoms with Gasteiger partial charge >= 0.3 is 0 Å². The minimum atomic E-state index is -0.777. The van der Waals surface area contributed by atoms with Crippen molar-refractivity contribution in [3.05, 3.63) is 54.2 Å². The number of aromatic nitrogens is 1. The number of nitrogens with one attached hydrogen (secondary N) is 1. The third-order valence-electron chi connectivity index (χ3n) is 4.43. The molecule has 1 aromatic carbocycles. The van der Waals surface area contributed by atoms with Gasteiger partial charge in [-0.05, 0) is 31.2 Å². The Bertz CT molecular complexity index is 713. The zero-order valence-electron chi connectivity index (χ0n) is 14.0. The lowest BCUT2D eigenvalue weighted by atomic mass is 10.2. The first-order valence-electron chi connectivity index (χ1n) is 8.21. The zero-order valence-corrected chi connectivity index (χ0v) is 14.0. The molecule has 7 heteroatoms. The number of amides is 1. The van der Waals surface area contributed by atoms with Crippen LogP contribution < -0.4 is 10.2 Å². The van der Waals surface area contributed by atoms with Crippen molar-refractivity contribution in [2.45, 2.75) is 13.0 Å². The van der Waals surface area contributed by atoms with Crippen molar-refractivity contribution in [2.75, 3.05) is 36.4 Å². The number of rotatable bonds is 4. The second-order valence-corrected chi connectivity index (χ2v) is 5.97. The van der Waals surface area contributed by atoms with Gasteiger partial charge in [0.05, 0.1) is 6.04 Å². The van der Waals surface area contributed by atoms with Crippen molar-refractivity contribution in [1.82, 2.24) is 9.88 Å². The van der Waals surface area contributed by atoms with E-state index < -0.39 is 29.3 Å². The molecule has 1 atom stereocenters. The standard InChI is InChI=1S/C18H20F2N4O/c1-13(18(25)22-17-14(19)5-4-6-15(17)20)23-9-11-24(12-10-23)16-7-2-3-8-21-16/h2-8,13H,9-12H2,1H3,(H,22,25)/t13-/m1/s1. The number of anilines is 2. The first-order chi connectivity index (χ1) is 12.1. The average molecular weight is 346 g/mol. The highest BCUT2D eigenvalue weighted by molar-refractivity contribution is 5.94. The first kappa shape index (κ1) is 17.3. The molecule has 1 amide bonds. The van der Waals surface area contributed by atoms with Crippen LogP contribution in [-0.4, -0.2) is 48.0 Å². The van der Waals surface area contributed by atoms with Gasteiger partial charge in [0, 0.05) is 32.4 Å². The van der Waals surface area contributed by atoms with Crippen LogP contribution in [0.4, 0.5) is 20.3 Å². The molecule has 132 valence electrons. The fourth-order valence-electron chi connectivity index (χ4n) is 2.89. The molecule has 2 heterocycles. The van der Waals surface area contributed by atoms with E-state index in [9.17, 15) is 13.6 Å². The van der Waals surface area contributed by atoms with Gasteiger partial charge in [0.15, 0.2) is 0 Å². The van der Waals surface area contributed by atoms with Crippen LogP contribution in [0.3, 0.4) is 0 Å². The van der Waals surface area contributed by atoms with Crippen molar-refractivity contribution in [3.63, 3.8) is 0 Å². The van der Waals surface area contributed by atoms with Gasteiger partial charge in [0.1, 0.15) is 23.1 Å². The normalized spacial score (nSPS) is 16.5. The maximum absolute atomic E-state index is 13.7. The topological polar surface area (TPSA) is 48.5 Å². The molecule has 1 fully saturated rings. The molecule has 0 aliphatic carbocycles. The fourth-order valence-corrected chi connectivity index (χ4v) is 2.89. The minimum absolute atomic E-state index is 0.397. The van der Waals surface area contributed by atoms with Crippen LogP contribution in [0.2, 0.25) is 0 Å². The van der Waals surface area contributed by atoms with E-state index in [0.717, 1.165) is 31.0 Å². The smallest absolute Gasteiger partial charge is 0.241 e. The predicted octanol–water partition coefficient (Wildman–Crippen LogP) is 2.51. The zero-order chi connectivity index (χ0) is 17.8. The summed E-state index contributed by atoms with van der Waals surface area (Å²) >= 11 is 0. The van der Waals surface area contributed by atoms with Gasteiger partial charge in [-0.15, -0.1) is 0 Å². The molecule has 0 unspecified atom stereocenters. The number of pyridine rings is 1. The van der Waals surface area contributed by atoms with E-state index in [1.807, 2.05) is 23.1 Å². The molecule has 1 aliphatic heterocycles. The molecule has 2 aromatic rings. The first-order valence-corrected chi connectivity index (χ1v) is 8.21. The highest BCUT2D eigenvalue weighted by atomic mass is 19.1. The molecule has 1 saturated heterocycles. The molecule has 5 nitrogen and oxygen atoms in total. The Morgan fingerprint density at radius 1 is 1.08 bits per heavy atom. The van der Waals surface area contributed by atoms with Gasteiger partial charge in [-0.3, -0.25) is 9.69 Å². The summed E-state index contributed by atoms with van der Waals surface area (Å²) in [4.78, 5) is 20.8. The number of carbonyl (C=O) groups is 1. The Kier molecular flexibility index (Phi) is 5.23. The van der Waals surface area contributed by atoms with Gasteiger partial charge < -0.3 is 10.2 Å². The van der Waals surface area contributed by atoms with Crippen molar-refractivity contribution in [1.29, 1.82) is 0 Å². The highest BCUT2D eigenvalue weighted by Crippen LogP contribution is 2.19. The summed E-state index contributed by atoms with van der Waals surface area (Å²) in [6, 6.07) is 8.78. The summed E-state index contributed by atoms with van der Waals surface area (Å²) in [5.41, 5.74) is -0.397. The van der Waals surface area contributed by atoms with Crippen LogP contribution >= 0.6 is 0 Å². The number of hydrogen-bond acceptors (Lipinski definition) is 4. The number of piperazine rings is 1. The molecule has 0 spiro atoms. The SMILES string of the molecule is C[C@H](C(=O)Nc1c(F)cccc1F)N1CCN(c2ccccn2)CC1. The Labute approximate surface area is 145 Å². The van der Waals surface area contributed by atoms with Crippen LogP contribution in [0.25, 0.3) is 0 Å². The summed E-state index contributed by atoms with van der Waals surface area (Å²) in [6.07, 6.45) is 1.75. The monoisotopic (exact) mass is 346 g/mol. The largest absolute Gasteiger partial charge is 0.354 e. The summed E-state index contributed by atoms with van der Waals surface area (Å²) in [5, 5.41) is 2.36. The molecule has 1 aliphatic rings. The van der Waals surface area contributed by atoms with Crippen molar-refractivity contribution in [2.24, 2.45) is 0 Å². The Morgan fingerprint density at radius 3 is 2.36 bits per heavy atom. The second-order valence-electron chi connectivity index (χ2n) is 5.97. The lowest BCUT2D eigenvalue weighted by molar-refractivity contribution is -0.120. The average Bonchev–Trinajstić information content (AvgIpc) is 2.65. The molecular formula is C18H20F2N4O. The summed E-state index contributed by atoms with van der Waals surface area (Å²) < 4.78 is 27.3. The number of benzene rings is 1. The number of nitrogens with zero attached hydrogens (tertiary/aromatic N) is 3. The molecule has 1 aromatic heterocycles. The van der Waals surface area contributed by atoms with E-state index in [0.29, 0.717) is 13.1 Å². The number of para-hydroxylation sites is 1. The van der Waals surface area contributed by atoms with Crippen LogP contribution in [0.1, 0.15) is 6.92 Å². The van der Waals surface area contributed by atoms with Crippen LogP contribution in [0.15, 0.2) is 42.6 Å². The van der Waals surface area contributed by atoms with E-state index in [4.69, 9.17) is 0 Å². The van der Waals surface area contributed by atoms with Gasteiger partial charge in [-0.25, -0.2) is 13.8 Å². The van der Waals surface area contributed by atoms with Crippen LogP contribution in [0.5, 0.6) is 0 Å². The van der Waals surface area contributed by atoms with Crippen molar-refractivity contribution >= 4 is 17.4 Å². The maximum Gasteiger partial charge on any atom is 0.241 e. The third kappa shape index (κ3) is 3.93. The Balaban J connectivity index is 1.59. The Hall–Kier alpha value is -2.54. The lowest BCUT2D eigenvalue weighted by Crippen LogP contribution is -2.53. The quantitative estimate of drug-likeness (QED) is 0.924. The fraction of sp³-hybridized carbons (Fsp3) is 0.333. The van der Waals surface area contributed by atoms with Gasteiger partial charge in [0.2, 0.25) is 5.91 Å². The molecule has 0 radical (unpaired) electrons. The predicted molar refractivity (Wildman–Crippen MR) is 92.5 cm³/mol. The molecule has 3 rings (SSSR count). The lowest BCUT2D eigenvalue weighted by Gasteiger charge is -2.37. The van der Waals surface area contributed by atoms with E-state index in [2.05, 4.69) is 15.2 Å². The number of halogens is 2. The van der Waals surface area contributed by atoms with Crippen molar-refractivity contribution < 1.29 is 13.6 Å². The third-order valence-corrected chi connectivity index (χ3v) is 4.43. The summed E-state index contributed by atoms with van der Waals surface area (Å²) in [7, 11) is 0. The van der Waals surface area contributed by atoms with E-state index in [-0.39, 0.29) is 0 Å². The molecule has 0 saturated carbocycles. The molecular weight excluding hydrogens is 326 g/mol. The summed E-state index contributed by atoms with van der Waals surface area (Å²) in [6.45, 7) is 4.56. The van der Waals surface area contributed by atoms with Gasteiger partial charge in [0.25, 0.3) is 0 Å². The van der Waals surface area contributed by atoms with Gasteiger partial charge in [-0.1, -0.05) is 12.1 Å². The minimum Gasteiger partial charge on any atom is -0.354 e. The van der Waals surface area contributed by atoms with Gasteiger partial charge in [-0.2, -0.15) is 0 Å². The Morgan fingerprint density at radius 2 is 1.76 bits per heavy atom. The second kappa shape index (κ2) is 7.57. The van der Waals surface area contributed by atoms with Crippen molar-refractivity contribution in [3.8, 4) is 0 Å².